The minimum Gasteiger partial charge on any atom is -0.351 e. The van der Waals surface area contributed by atoms with Crippen molar-refractivity contribution in [3.05, 3.63) is 29.8 Å². The average molecular weight is 317 g/mol. The SMILES string of the molecule is CCCCC(CN)NC(=O)CSc1ccccc1C.Cl. The van der Waals surface area contributed by atoms with Gasteiger partial charge in [0.05, 0.1) is 5.75 Å². The Kier molecular flexibility index (Phi) is 10.6. The Balaban J connectivity index is 0.00000361. The molecule has 0 bridgehead atoms. The number of aryl methyl sites for hydroxylation is 1. The van der Waals surface area contributed by atoms with Crippen LogP contribution in [0.3, 0.4) is 0 Å². The number of nitrogens with one attached hydrogen (secondary N) is 1. The Labute approximate surface area is 132 Å². The predicted molar refractivity (Wildman–Crippen MR) is 89.7 cm³/mol. The highest BCUT2D eigenvalue weighted by molar-refractivity contribution is 8.00. The summed E-state index contributed by atoms with van der Waals surface area (Å²) in [5.41, 5.74) is 6.88. The molecule has 1 unspecified atom stereocenters. The first kappa shape index (κ1) is 19.3. The van der Waals surface area contributed by atoms with Crippen LogP contribution in [0.1, 0.15) is 31.7 Å². The minimum atomic E-state index is 0. The van der Waals surface area contributed by atoms with E-state index in [0.29, 0.717) is 12.3 Å². The molecular formula is C15H25ClN2OS. The molecular weight excluding hydrogens is 292 g/mol. The van der Waals surface area contributed by atoms with Crippen molar-refractivity contribution in [2.45, 2.75) is 44.0 Å². The fraction of sp³-hybridized carbons (Fsp3) is 0.533. The second-order valence-corrected chi connectivity index (χ2v) is 5.71. The Morgan fingerprint density at radius 1 is 1.40 bits per heavy atom. The van der Waals surface area contributed by atoms with E-state index in [9.17, 15) is 4.79 Å². The molecule has 3 N–H and O–H groups in total. The van der Waals surface area contributed by atoms with Crippen molar-refractivity contribution >= 4 is 30.1 Å². The second-order valence-electron chi connectivity index (χ2n) is 4.70. The second kappa shape index (κ2) is 11.0. The van der Waals surface area contributed by atoms with Gasteiger partial charge in [0.15, 0.2) is 0 Å². The molecule has 0 saturated carbocycles. The zero-order chi connectivity index (χ0) is 14.1. The molecule has 20 heavy (non-hydrogen) atoms. The first-order chi connectivity index (χ1) is 9.17. The zero-order valence-corrected chi connectivity index (χ0v) is 13.9. The summed E-state index contributed by atoms with van der Waals surface area (Å²) in [4.78, 5) is 13.0. The number of rotatable bonds is 8. The van der Waals surface area contributed by atoms with Crippen LogP contribution in [0.4, 0.5) is 0 Å². The maximum absolute atomic E-state index is 11.9. The zero-order valence-electron chi connectivity index (χ0n) is 12.2. The van der Waals surface area contributed by atoms with Gasteiger partial charge in [0.2, 0.25) is 5.91 Å². The molecule has 0 saturated heterocycles. The fourth-order valence-corrected chi connectivity index (χ4v) is 2.67. The van der Waals surface area contributed by atoms with Crippen LogP contribution >= 0.6 is 24.2 Å². The fourth-order valence-electron chi connectivity index (χ4n) is 1.83. The van der Waals surface area contributed by atoms with Crippen LogP contribution in [0.25, 0.3) is 0 Å². The number of amides is 1. The van der Waals surface area contributed by atoms with Crippen LogP contribution in [0.5, 0.6) is 0 Å². The molecule has 0 radical (unpaired) electrons. The molecule has 114 valence electrons. The highest BCUT2D eigenvalue weighted by Crippen LogP contribution is 2.21. The summed E-state index contributed by atoms with van der Waals surface area (Å²) in [5, 5.41) is 3.01. The summed E-state index contributed by atoms with van der Waals surface area (Å²) >= 11 is 1.58. The van der Waals surface area contributed by atoms with Gasteiger partial charge in [-0.2, -0.15) is 0 Å². The van der Waals surface area contributed by atoms with E-state index in [4.69, 9.17) is 5.73 Å². The largest absolute Gasteiger partial charge is 0.351 e. The third kappa shape index (κ3) is 7.17. The maximum Gasteiger partial charge on any atom is 0.230 e. The highest BCUT2D eigenvalue weighted by atomic mass is 35.5. The number of thioether (sulfide) groups is 1. The van der Waals surface area contributed by atoms with Gasteiger partial charge < -0.3 is 11.1 Å². The molecule has 1 aromatic rings. The predicted octanol–water partition coefficient (Wildman–Crippen LogP) is 3.14. The van der Waals surface area contributed by atoms with Gasteiger partial charge in [0, 0.05) is 17.5 Å². The lowest BCUT2D eigenvalue weighted by molar-refractivity contribution is -0.119. The van der Waals surface area contributed by atoms with E-state index in [1.165, 1.54) is 5.56 Å². The first-order valence-corrected chi connectivity index (χ1v) is 7.83. The monoisotopic (exact) mass is 316 g/mol. The lowest BCUT2D eigenvalue weighted by atomic mass is 10.1. The normalized spacial score (nSPS) is 11.6. The quantitative estimate of drug-likeness (QED) is 0.724. The van der Waals surface area contributed by atoms with Crippen LogP contribution in [0, 0.1) is 6.92 Å². The van der Waals surface area contributed by atoms with Crippen LogP contribution in [0.15, 0.2) is 29.2 Å². The third-order valence-corrected chi connectivity index (χ3v) is 4.18. The molecule has 0 aromatic heterocycles. The van der Waals surface area contributed by atoms with Crippen molar-refractivity contribution in [1.29, 1.82) is 0 Å². The van der Waals surface area contributed by atoms with Crippen molar-refractivity contribution < 1.29 is 4.79 Å². The van der Waals surface area contributed by atoms with Gasteiger partial charge in [-0.05, 0) is 25.0 Å². The Bertz CT molecular complexity index is 401. The van der Waals surface area contributed by atoms with Gasteiger partial charge in [0.25, 0.3) is 0 Å². The van der Waals surface area contributed by atoms with Crippen LogP contribution in [-0.2, 0) is 4.79 Å². The van der Waals surface area contributed by atoms with E-state index >= 15 is 0 Å². The number of nitrogens with two attached hydrogens (primary N) is 1. The smallest absolute Gasteiger partial charge is 0.230 e. The van der Waals surface area contributed by atoms with E-state index in [2.05, 4.69) is 25.2 Å². The Morgan fingerprint density at radius 3 is 2.70 bits per heavy atom. The number of carbonyl (C=O) groups excluding carboxylic acids is 1. The molecule has 1 atom stereocenters. The Hall–Kier alpha value is -0.710. The lowest BCUT2D eigenvalue weighted by Gasteiger charge is -2.16. The van der Waals surface area contributed by atoms with Crippen LogP contribution in [0.2, 0.25) is 0 Å². The maximum atomic E-state index is 11.9. The number of benzene rings is 1. The molecule has 5 heteroatoms. The van der Waals surface area contributed by atoms with E-state index in [0.717, 1.165) is 24.2 Å². The van der Waals surface area contributed by atoms with Crippen molar-refractivity contribution in [2.24, 2.45) is 5.73 Å². The molecule has 0 aliphatic heterocycles. The molecule has 1 aromatic carbocycles. The molecule has 3 nitrogen and oxygen atoms in total. The summed E-state index contributed by atoms with van der Waals surface area (Å²) in [6.45, 7) is 4.72. The van der Waals surface area contributed by atoms with Gasteiger partial charge in [-0.15, -0.1) is 24.2 Å². The van der Waals surface area contributed by atoms with Gasteiger partial charge in [-0.3, -0.25) is 4.79 Å². The van der Waals surface area contributed by atoms with Gasteiger partial charge in [-0.1, -0.05) is 38.0 Å². The number of carbonyl (C=O) groups is 1. The first-order valence-electron chi connectivity index (χ1n) is 6.85. The van der Waals surface area contributed by atoms with Crippen LogP contribution in [-0.4, -0.2) is 24.2 Å². The molecule has 0 aliphatic carbocycles. The molecule has 0 fully saturated rings. The third-order valence-electron chi connectivity index (χ3n) is 3.01. The Morgan fingerprint density at radius 2 is 2.10 bits per heavy atom. The van der Waals surface area contributed by atoms with E-state index < -0.39 is 0 Å². The summed E-state index contributed by atoms with van der Waals surface area (Å²) < 4.78 is 0. The van der Waals surface area contributed by atoms with Crippen molar-refractivity contribution in [2.75, 3.05) is 12.3 Å². The number of hydrogen-bond acceptors (Lipinski definition) is 3. The lowest BCUT2D eigenvalue weighted by Crippen LogP contribution is -2.41. The number of halogens is 1. The molecule has 1 amide bonds. The number of unbranched alkanes of at least 4 members (excludes halogenated alkanes) is 1. The highest BCUT2D eigenvalue weighted by Gasteiger charge is 2.10. The molecule has 1 rings (SSSR count). The van der Waals surface area contributed by atoms with E-state index in [1.54, 1.807) is 11.8 Å². The standard InChI is InChI=1S/C15H24N2OS.ClH/c1-3-4-8-13(10-16)17-15(18)11-19-14-9-6-5-7-12(14)2;/h5-7,9,13H,3-4,8,10-11,16H2,1-2H3,(H,17,18);1H. The van der Waals surface area contributed by atoms with Gasteiger partial charge in [-0.25, -0.2) is 0 Å². The van der Waals surface area contributed by atoms with E-state index in [-0.39, 0.29) is 24.4 Å². The summed E-state index contributed by atoms with van der Waals surface area (Å²) in [5.74, 6) is 0.521. The summed E-state index contributed by atoms with van der Waals surface area (Å²) in [6, 6.07) is 8.23. The molecule has 0 aliphatic rings. The topological polar surface area (TPSA) is 55.1 Å². The van der Waals surface area contributed by atoms with Crippen molar-refractivity contribution in [1.82, 2.24) is 5.32 Å². The molecule has 0 spiro atoms. The molecule has 0 heterocycles. The van der Waals surface area contributed by atoms with Crippen molar-refractivity contribution in [3.63, 3.8) is 0 Å². The minimum absolute atomic E-state index is 0. The summed E-state index contributed by atoms with van der Waals surface area (Å²) in [7, 11) is 0. The van der Waals surface area contributed by atoms with Gasteiger partial charge in [0.1, 0.15) is 0 Å². The van der Waals surface area contributed by atoms with Crippen molar-refractivity contribution in [3.8, 4) is 0 Å². The van der Waals surface area contributed by atoms with Gasteiger partial charge >= 0.3 is 0 Å². The summed E-state index contributed by atoms with van der Waals surface area (Å²) in [6.07, 6.45) is 3.20. The van der Waals surface area contributed by atoms with Crippen LogP contribution < -0.4 is 11.1 Å². The number of hydrogen-bond donors (Lipinski definition) is 2. The average Bonchev–Trinajstić information content (AvgIpc) is 2.42. The van der Waals surface area contributed by atoms with E-state index in [1.807, 2.05) is 18.2 Å².